The van der Waals surface area contributed by atoms with Crippen molar-refractivity contribution >= 4 is 11.9 Å². The summed E-state index contributed by atoms with van der Waals surface area (Å²) in [5.74, 6) is 0.602. The topological polar surface area (TPSA) is 24.7 Å². The zero-order valence-corrected chi connectivity index (χ0v) is 8.49. The van der Waals surface area contributed by atoms with Crippen molar-refractivity contribution in [2.45, 2.75) is 20.8 Å². The van der Waals surface area contributed by atoms with Gasteiger partial charge in [-0.05, 0) is 25.0 Å². The van der Waals surface area contributed by atoms with Gasteiger partial charge in [-0.1, -0.05) is 19.9 Å². The molecule has 0 aromatic heterocycles. The van der Waals surface area contributed by atoms with E-state index < -0.39 is 0 Å². The van der Waals surface area contributed by atoms with Crippen LogP contribution in [0.4, 0.5) is 0 Å². The maximum absolute atomic E-state index is 4.48. The molecule has 0 bridgehead atoms. The first kappa shape index (κ1) is 9.90. The van der Waals surface area contributed by atoms with Gasteiger partial charge in [0.15, 0.2) is 0 Å². The van der Waals surface area contributed by atoms with Gasteiger partial charge in [0.2, 0.25) is 0 Å². The van der Waals surface area contributed by atoms with E-state index in [1.165, 1.54) is 0 Å². The fourth-order valence-corrected chi connectivity index (χ4v) is 1.05. The van der Waals surface area contributed by atoms with Crippen LogP contribution in [0.5, 0.6) is 0 Å². The van der Waals surface area contributed by atoms with Gasteiger partial charge >= 0.3 is 0 Å². The van der Waals surface area contributed by atoms with Crippen LogP contribution in [0.25, 0.3) is 0 Å². The molecule has 0 saturated heterocycles. The largest absolute Gasteiger partial charge is 0.283 e. The SMILES string of the molecule is C/C=C1/N=CC=CC1=NCC(C)C. The highest BCUT2D eigenvalue weighted by Crippen LogP contribution is 2.07. The summed E-state index contributed by atoms with van der Waals surface area (Å²) in [5.41, 5.74) is 1.97. The highest BCUT2D eigenvalue weighted by Gasteiger charge is 2.03. The molecule has 1 rings (SSSR count). The number of aliphatic imine (C=N–C) groups is 2. The van der Waals surface area contributed by atoms with Crippen molar-refractivity contribution in [3.8, 4) is 0 Å². The van der Waals surface area contributed by atoms with Crippen LogP contribution in [0.1, 0.15) is 20.8 Å². The van der Waals surface area contributed by atoms with E-state index in [4.69, 9.17) is 0 Å². The van der Waals surface area contributed by atoms with E-state index in [1.807, 2.05) is 25.2 Å². The highest BCUT2D eigenvalue weighted by atomic mass is 14.8. The minimum atomic E-state index is 0.602. The summed E-state index contributed by atoms with van der Waals surface area (Å²) in [6, 6.07) is 0. The molecule has 1 aliphatic rings. The first-order valence-corrected chi connectivity index (χ1v) is 4.66. The number of rotatable bonds is 2. The van der Waals surface area contributed by atoms with E-state index >= 15 is 0 Å². The van der Waals surface area contributed by atoms with Gasteiger partial charge in [0.25, 0.3) is 0 Å². The monoisotopic (exact) mass is 176 g/mol. The second-order valence-corrected chi connectivity index (χ2v) is 3.43. The van der Waals surface area contributed by atoms with Crippen LogP contribution in [0.3, 0.4) is 0 Å². The Labute approximate surface area is 79.8 Å². The Balaban J connectivity index is 2.73. The molecule has 1 aliphatic heterocycles. The molecule has 0 aromatic rings. The summed E-state index contributed by atoms with van der Waals surface area (Å²) in [5, 5.41) is 0. The lowest BCUT2D eigenvalue weighted by atomic mass is 10.2. The maximum Gasteiger partial charge on any atom is 0.0839 e. The molecule has 2 heteroatoms. The van der Waals surface area contributed by atoms with Crippen molar-refractivity contribution in [1.29, 1.82) is 0 Å². The molecule has 0 aliphatic carbocycles. The minimum Gasteiger partial charge on any atom is -0.283 e. The third-order valence-electron chi connectivity index (χ3n) is 1.72. The number of hydrogen-bond acceptors (Lipinski definition) is 2. The van der Waals surface area contributed by atoms with E-state index in [1.54, 1.807) is 6.21 Å². The van der Waals surface area contributed by atoms with E-state index in [2.05, 4.69) is 23.8 Å². The van der Waals surface area contributed by atoms with Crippen LogP contribution in [-0.4, -0.2) is 18.5 Å². The Hall–Kier alpha value is -1.18. The van der Waals surface area contributed by atoms with Gasteiger partial charge in [0, 0.05) is 12.8 Å². The first-order chi connectivity index (χ1) is 6.24. The normalized spacial score (nSPS) is 22.2. The fourth-order valence-electron chi connectivity index (χ4n) is 1.05. The number of allylic oxidation sites excluding steroid dienone is 3. The molecule has 0 aromatic carbocycles. The molecule has 0 unspecified atom stereocenters. The Kier molecular flexibility index (Phi) is 3.62. The van der Waals surface area contributed by atoms with Crippen molar-refractivity contribution in [2.24, 2.45) is 15.9 Å². The fraction of sp³-hybridized carbons (Fsp3) is 0.455. The summed E-state index contributed by atoms with van der Waals surface area (Å²) in [4.78, 5) is 8.71. The molecule has 70 valence electrons. The Morgan fingerprint density at radius 2 is 2.31 bits per heavy atom. The molecule has 2 nitrogen and oxygen atoms in total. The molecular formula is C11H16N2. The molecule has 0 amide bonds. The van der Waals surface area contributed by atoms with E-state index in [9.17, 15) is 0 Å². The van der Waals surface area contributed by atoms with E-state index in [0.717, 1.165) is 18.0 Å². The average molecular weight is 176 g/mol. The summed E-state index contributed by atoms with van der Waals surface area (Å²) in [6.45, 7) is 7.17. The van der Waals surface area contributed by atoms with Crippen LogP contribution in [0, 0.1) is 5.92 Å². The minimum absolute atomic E-state index is 0.602. The predicted octanol–water partition coefficient (Wildman–Crippen LogP) is 2.63. The first-order valence-electron chi connectivity index (χ1n) is 4.66. The van der Waals surface area contributed by atoms with Crippen molar-refractivity contribution in [3.05, 3.63) is 23.9 Å². The Morgan fingerprint density at radius 1 is 1.54 bits per heavy atom. The highest BCUT2D eigenvalue weighted by molar-refractivity contribution is 6.12. The number of dihydropyridines is 1. The third kappa shape index (κ3) is 2.98. The van der Waals surface area contributed by atoms with Crippen molar-refractivity contribution in [1.82, 2.24) is 0 Å². The lowest BCUT2D eigenvalue weighted by molar-refractivity contribution is 0.666. The maximum atomic E-state index is 4.48. The molecule has 0 atom stereocenters. The van der Waals surface area contributed by atoms with Crippen LogP contribution in [0.2, 0.25) is 0 Å². The van der Waals surface area contributed by atoms with Crippen molar-refractivity contribution in [3.63, 3.8) is 0 Å². The predicted molar refractivity (Wildman–Crippen MR) is 58.5 cm³/mol. The van der Waals surface area contributed by atoms with Gasteiger partial charge in [-0.25, -0.2) is 0 Å². The zero-order chi connectivity index (χ0) is 9.68. The Bertz CT molecular complexity index is 280. The second kappa shape index (κ2) is 4.75. The van der Waals surface area contributed by atoms with Crippen LogP contribution < -0.4 is 0 Å². The average Bonchev–Trinajstić information content (AvgIpc) is 2.15. The summed E-state index contributed by atoms with van der Waals surface area (Å²) >= 11 is 0. The molecule has 0 spiro atoms. The molecule has 0 fully saturated rings. The second-order valence-electron chi connectivity index (χ2n) is 3.43. The lowest BCUT2D eigenvalue weighted by Crippen LogP contribution is -2.04. The van der Waals surface area contributed by atoms with Crippen LogP contribution in [-0.2, 0) is 0 Å². The Morgan fingerprint density at radius 3 is 2.92 bits per heavy atom. The van der Waals surface area contributed by atoms with Gasteiger partial charge in [-0.2, -0.15) is 0 Å². The van der Waals surface area contributed by atoms with E-state index in [-0.39, 0.29) is 0 Å². The van der Waals surface area contributed by atoms with Crippen molar-refractivity contribution in [2.75, 3.05) is 6.54 Å². The smallest absolute Gasteiger partial charge is 0.0839 e. The third-order valence-corrected chi connectivity index (χ3v) is 1.72. The van der Waals surface area contributed by atoms with Gasteiger partial charge < -0.3 is 0 Å². The zero-order valence-electron chi connectivity index (χ0n) is 8.49. The molecule has 0 N–H and O–H groups in total. The molecule has 13 heavy (non-hydrogen) atoms. The molecular weight excluding hydrogens is 160 g/mol. The van der Waals surface area contributed by atoms with Crippen LogP contribution in [0.15, 0.2) is 33.9 Å². The van der Waals surface area contributed by atoms with Gasteiger partial charge in [-0.15, -0.1) is 0 Å². The molecule has 1 heterocycles. The lowest BCUT2D eigenvalue weighted by Gasteiger charge is -2.06. The van der Waals surface area contributed by atoms with Gasteiger partial charge in [-0.3, -0.25) is 9.98 Å². The van der Waals surface area contributed by atoms with E-state index in [0.29, 0.717) is 5.92 Å². The standard InChI is InChI=1S/C11H16N2/c1-4-10-11(6-5-7-12-10)13-8-9(2)3/h4-7,9H,8H2,1-3H3/b10-4+,13-11?. The molecule has 0 saturated carbocycles. The number of hydrogen-bond donors (Lipinski definition) is 0. The summed E-state index contributed by atoms with van der Waals surface area (Å²) < 4.78 is 0. The van der Waals surface area contributed by atoms with Gasteiger partial charge in [0.1, 0.15) is 0 Å². The number of nitrogens with zero attached hydrogens (tertiary/aromatic N) is 2. The van der Waals surface area contributed by atoms with Gasteiger partial charge in [0.05, 0.1) is 11.4 Å². The summed E-state index contributed by atoms with van der Waals surface area (Å²) in [6.07, 6.45) is 7.71. The quantitative estimate of drug-likeness (QED) is 0.618. The molecule has 0 radical (unpaired) electrons. The van der Waals surface area contributed by atoms with Crippen LogP contribution >= 0.6 is 0 Å². The van der Waals surface area contributed by atoms with Crippen molar-refractivity contribution < 1.29 is 0 Å². The summed E-state index contributed by atoms with van der Waals surface area (Å²) in [7, 11) is 0.